The highest BCUT2D eigenvalue weighted by molar-refractivity contribution is 5.97. The largest absolute Gasteiger partial charge is 0.472 e. The van der Waals surface area contributed by atoms with E-state index >= 15 is 0 Å². The molecule has 3 rings (SSSR count). The van der Waals surface area contributed by atoms with Crippen LogP contribution in [0.15, 0.2) is 53.5 Å². The molecule has 1 aromatic carbocycles. The fourth-order valence-electron chi connectivity index (χ4n) is 2.72. The lowest BCUT2D eigenvalue weighted by Crippen LogP contribution is -2.45. The molecule has 0 radical (unpaired) electrons. The van der Waals surface area contributed by atoms with E-state index in [-0.39, 0.29) is 11.8 Å². The Bertz CT molecular complexity index is 852. The maximum atomic E-state index is 12.1. The highest BCUT2D eigenvalue weighted by Crippen LogP contribution is 2.18. The molecule has 0 aliphatic rings. The van der Waals surface area contributed by atoms with Crippen LogP contribution in [0.1, 0.15) is 29.3 Å². The lowest BCUT2D eigenvalue weighted by atomic mass is 10.1. The second kappa shape index (κ2) is 7.70. The molecule has 2 amide bonds. The standard InChI is InChI=1S/C19H21N3O3/c1-13(22-19(24)15-8-10-25-12-15)18(23)20-9-4-5-14-11-21-17-7-3-2-6-16(14)17/h2-3,6-8,10-13,21H,4-5,9H2,1H3,(H,20,23)(H,22,24)/t13-/m0/s1. The van der Waals surface area contributed by atoms with Crippen molar-refractivity contribution in [2.24, 2.45) is 0 Å². The van der Waals surface area contributed by atoms with Crippen LogP contribution in [-0.2, 0) is 11.2 Å². The molecule has 6 heteroatoms. The van der Waals surface area contributed by atoms with Gasteiger partial charge in [0.05, 0.1) is 11.8 Å². The minimum Gasteiger partial charge on any atom is -0.472 e. The maximum Gasteiger partial charge on any atom is 0.255 e. The van der Waals surface area contributed by atoms with Crippen molar-refractivity contribution < 1.29 is 14.0 Å². The predicted molar refractivity (Wildman–Crippen MR) is 95.3 cm³/mol. The molecule has 0 saturated carbocycles. The fraction of sp³-hybridized carbons (Fsp3) is 0.263. The van der Waals surface area contributed by atoms with Crippen molar-refractivity contribution in [2.45, 2.75) is 25.8 Å². The number of nitrogens with one attached hydrogen (secondary N) is 3. The Morgan fingerprint density at radius 2 is 2.08 bits per heavy atom. The van der Waals surface area contributed by atoms with Gasteiger partial charge in [-0.2, -0.15) is 0 Å². The van der Waals surface area contributed by atoms with Crippen LogP contribution < -0.4 is 10.6 Å². The summed E-state index contributed by atoms with van der Waals surface area (Å²) in [6.45, 7) is 2.22. The van der Waals surface area contributed by atoms with E-state index in [9.17, 15) is 9.59 Å². The molecule has 0 unspecified atom stereocenters. The molecule has 2 aromatic heterocycles. The number of aromatic amines is 1. The van der Waals surface area contributed by atoms with Crippen LogP contribution in [0.2, 0.25) is 0 Å². The Balaban J connectivity index is 1.42. The Kier molecular flexibility index (Phi) is 5.18. The van der Waals surface area contributed by atoms with Gasteiger partial charge in [-0.1, -0.05) is 18.2 Å². The number of aryl methyl sites for hydroxylation is 1. The third-order valence-electron chi connectivity index (χ3n) is 4.12. The van der Waals surface area contributed by atoms with Crippen LogP contribution >= 0.6 is 0 Å². The molecule has 1 atom stereocenters. The molecule has 6 nitrogen and oxygen atoms in total. The summed E-state index contributed by atoms with van der Waals surface area (Å²) in [5.74, 6) is -0.522. The van der Waals surface area contributed by atoms with Crippen LogP contribution in [0.25, 0.3) is 10.9 Å². The number of rotatable bonds is 7. The molecule has 0 aliphatic carbocycles. The van der Waals surface area contributed by atoms with Gasteiger partial charge in [0.1, 0.15) is 12.3 Å². The number of aromatic nitrogens is 1. The smallest absolute Gasteiger partial charge is 0.255 e. The summed E-state index contributed by atoms with van der Waals surface area (Å²) in [5, 5.41) is 6.72. The molecular weight excluding hydrogens is 318 g/mol. The predicted octanol–water partition coefficient (Wildman–Crippen LogP) is 2.63. The molecule has 3 N–H and O–H groups in total. The second-order valence-electron chi connectivity index (χ2n) is 5.96. The van der Waals surface area contributed by atoms with Crippen molar-refractivity contribution in [3.05, 3.63) is 60.2 Å². The van der Waals surface area contributed by atoms with E-state index in [1.54, 1.807) is 13.0 Å². The van der Waals surface area contributed by atoms with Gasteiger partial charge < -0.3 is 20.0 Å². The summed E-state index contributed by atoms with van der Waals surface area (Å²) in [4.78, 5) is 27.2. The third-order valence-corrected chi connectivity index (χ3v) is 4.12. The first-order valence-corrected chi connectivity index (χ1v) is 8.31. The molecule has 2 heterocycles. The van der Waals surface area contributed by atoms with Gasteiger partial charge in [-0.25, -0.2) is 0 Å². The molecule has 0 bridgehead atoms. The van der Waals surface area contributed by atoms with E-state index in [0.717, 1.165) is 18.4 Å². The summed E-state index contributed by atoms with van der Waals surface area (Å²) in [6, 6.07) is 9.11. The molecule has 0 saturated heterocycles. The van der Waals surface area contributed by atoms with Gasteiger partial charge in [-0.3, -0.25) is 9.59 Å². The number of hydrogen-bond donors (Lipinski definition) is 3. The van der Waals surface area contributed by atoms with Gasteiger partial charge in [-0.05, 0) is 37.5 Å². The molecule has 0 spiro atoms. The molecule has 0 fully saturated rings. The van der Waals surface area contributed by atoms with Crippen molar-refractivity contribution in [1.82, 2.24) is 15.6 Å². The van der Waals surface area contributed by atoms with Gasteiger partial charge >= 0.3 is 0 Å². The molecule has 130 valence electrons. The number of benzene rings is 1. The van der Waals surface area contributed by atoms with Gasteiger partial charge in [-0.15, -0.1) is 0 Å². The van der Waals surface area contributed by atoms with E-state index in [1.165, 1.54) is 23.5 Å². The lowest BCUT2D eigenvalue weighted by Gasteiger charge is -2.13. The Labute approximate surface area is 145 Å². The minimum atomic E-state index is -0.601. The monoisotopic (exact) mass is 339 g/mol. The number of carbonyl (C=O) groups is 2. The van der Waals surface area contributed by atoms with Crippen molar-refractivity contribution in [3.8, 4) is 0 Å². The zero-order chi connectivity index (χ0) is 17.6. The average Bonchev–Trinajstić information content (AvgIpc) is 3.28. The minimum absolute atomic E-state index is 0.198. The van der Waals surface area contributed by atoms with Crippen LogP contribution in [0.3, 0.4) is 0 Å². The van der Waals surface area contributed by atoms with Gasteiger partial charge in [0.2, 0.25) is 5.91 Å². The first-order valence-electron chi connectivity index (χ1n) is 8.31. The van der Waals surface area contributed by atoms with Crippen molar-refractivity contribution in [1.29, 1.82) is 0 Å². The first-order chi connectivity index (χ1) is 12.1. The van der Waals surface area contributed by atoms with Crippen molar-refractivity contribution in [3.63, 3.8) is 0 Å². The highest BCUT2D eigenvalue weighted by Gasteiger charge is 2.16. The van der Waals surface area contributed by atoms with Gasteiger partial charge in [0, 0.05) is 23.6 Å². The maximum absolute atomic E-state index is 12.1. The summed E-state index contributed by atoms with van der Waals surface area (Å²) >= 11 is 0. The fourth-order valence-corrected chi connectivity index (χ4v) is 2.72. The normalized spacial score (nSPS) is 12.0. The van der Waals surface area contributed by atoms with Crippen LogP contribution in [-0.4, -0.2) is 29.4 Å². The Morgan fingerprint density at radius 3 is 2.88 bits per heavy atom. The number of carbonyl (C=O) groups excluding carboxylic acids is 2. The third kappa shape index (κ3) is 4.09. The molecule has 0 aliphatic heterocycles. The van der Waals surface area contributed by atoms with Crippen LogP contribution in [0, 0.1) is 0 Å². The highest BCUT2D eigenvalue weighted by atomic mass is 16.3. The van der Waals surface area contributed by atoms with Gasteiger partial charge in [0.15, 0.2) is 0 Å². The Hall–Kier alpha value is -3.02. The quantitative estimate of drug-likeness (QED) is 0.578. The van der Waals surface area contributed by atoms with Crippen molar-refractivity contribution >= 4 is 22.7 Å². The van der Waals surface area contributed by atoms with E-state index in [4.69, 9.17) is 4.42 Å². The Morgan fingerprint density at radius 1 is 1.24 bits per heavy atom. The summed E-state index contributed by atoms with van der Waals surface area (Å²) < 4.78 is 4.86. The van der Waals surface area contributed by atoms with E-state index in [2.05, 4.69) is 21.7 Å². The summed E-state index contributed by atoms with van der Waals surface area (Å²) in [5.41, 5.74) is 2.77. The number of H-pyrrole nitrogens is 1. The number of para-hydroxylation sites is 1. The molecular formula is C19H21N3O3. The number of hydrogen-bond acceptors (Lipinski definition) is 3. The van der Waals surface area contributed by atoms with Crippen LogP contribution in [0.4, 0.5) is 0 Å². The average molecular weight is 339 g/mol. The van der Waals surface area contributed by atoms with E-state index in [1.807, 2.05) is 24.4 Å². The molecule has 25 heavy (non-hydrogen) atoms. The summed E-state index contributed by atoms with van der Waals surface area (Å²) in [7, 11) is 0. The summed E-state index contributed by atoms with van der Waals surface area (Å²) in [6.07, 6.45) is 6.49. The zero-order valence-electron chi connectivity index (χ0n) is 14.0. The van der Waals surface area contributed by atoms with E-state index < -0.39 is 6.04 Å². The van der Waals surface area contributed by atoms with Gasteiger partial charge in [0.25, 0.3) is 5.91 Å². The van der Waals surface area contributed by atoms with Crippen LogP contribution in [0.5, 0.6) is 0 Å². The zero-order valence-corrected chi connectivity index (χ0v) is 14.0. The number of furan rings is 1. The van der Waals surface area contributed by atoms with Crippen molar-refractivity contribution in [2.75, 3.05) is 6.54 Å². The SMILES string of the molecule is C[C@H](NC(=O)c1ccoc1)C(=O)NCCCc1c[nH]c2ccccc12. The molecule has 3 aromatic rings. The second-order valence-corrected chi connectivity index (χ2v) is 5.96. The lowest BCUT2D eigenvalue weighted by molar-refractivity contribution is -0.122. The number of fused-ring (bicyclic) bond motifs is 1. The van der Waals surface area contributed by atoms with E-state index in [0.29, 0.717) is 12.1 Å². The first kappa shape index (κ1) is 16.8. The topological polar surface area (TPSA) is 87.1 Å². The number of amides is 2.